The highest BCUT2D eigenvalue weighted by Gasteiger charge is 2.68. The molecule has 3 atom stereocenters. The van der Waals surface area contributed by atoms with E-state index in [4.69, 9.17) is 27.8 Å². The van der Waals surface area contributed by atoms with E-state index in [2.05, 4.69) is 15.0 Å². The summed E-state index contributed by atoms with van der Waals surface area (Å²) in [6.07, 6.45) is 4.79. The molecule has 1 amide bonds. The number of aliphatic hydroxyl groups is 1. The number of rotatable bonds is 6. The van der Waals surface area contributed by atoms with Gasteiger partial charge in [0, 0.05) is 54.0 Å². The summed E-state index contributed by atoms with van der Waals surface area (Å²) in [6.45, 7) is -0.315. The fraction of sp³-hybridized carbons (Fsp3) is 0.333. The van der Waals surface area contributed by atoms with Gasteiger partial charge < -0.3 is 21.3 Å². The highest BCUT2D eigenvalue weighted by atomic mass is 35.5. The second-order valence-corrected chi connectivity index (χ2v) is 9.70. The minimum atomic E-state index is -1.88. The van der Waals surface area contributed by atoms with Crippen molar-refractivity contribution in [2.75, 3.05) is 6.54 Å². The SMILES string of the molecule is NC[C@@](O)(c1cnc(C2CC2)nc1)c1cc2c(c(-c3cc(Cl)c(F)cc3F)n1)OC1C[C@@]21C(N)=O. The van der Waals surface area contributed by atoms with Crippen LogP contribution in [0.5, 0.6) is 5.75 Å². The molecule has 0 saturated heterocycles. The van der Waals surface area contributed by atoms with Gasteiger partial charge in [-0.1, -0.05) is 11.6 Å². The van der Waals surface area contributed by atoms with Crippen LogP contribution in [0.2, 0.25) is 5.02 Å². The van der Waals surface area contributed by atoms with Crippen molar-refractivity contribution in [1.29, 1.82) is 0 Å². The summed E-state index contributed by atoms with van der Waals surface area (Å²) < 4.78 is 34.7. The molecule has 2 fully saturated rings. The maximum Gasteiger partial charge on any atom is 0.232 e. The number of carbonyl (C=O) groups is 1. The molecule has 2 saturated carbocycles. The Morgan fingerprint density at radius 3 is 2.57 bits per heavy atom. The highest BCUT2D eigenvalue weighted by molar-refractivity contribution is 6.31. The number of amides is 1. The first kappa shape index (κ1) is 22.3. The Bertz CT molecular complexity index is 1400. The zero-order valence-electron chi connectivity index (χ0n) is 18.3. The third-order valence-electron chi connectivity index (χ3n) is 7.13. The van der Waals surface area contributed by atoms with E-state index in [-0.39, 0.29) is 39.8 Å². The molecule has 3 heterocycles. The lowest BCUT2D eigenvalue weighted by molar-refractivity contribution is -0.120. The standard InChI is InChI=1S/C24H20ClF2N5O3/c25-14-3-12(15(26)5-16(14)27)19-20-13(23(22(29)33)6-18(23)35-20)4-17(32-19)24(34,9-28)11-7-30-21(31-8-11)10-1-2-10/h3-5,7-8,10,18,34H,1-2,6,9,28H2,(H2,29,33)/t18?,23-,24-/m1/s1. The van der Waals surface area contributed by atoms with Crippen LogP contribution in [0.25, 0.3) is 11.3 Å². The molecule has 35 heavy (non-hydrogen) atoms. The minimum absolute atomic E-state index is 0.0214. The summed E-state index contributed by atoms with van der Waals surface area (Å²) in [4.78, 5) is 25.6. The zero-order valence-corrected chi connectivity index (χ0v) is 19.0. The molecule has 0 spiro atoms. The van der Waals surface area contributed by atoms with E-state index in [9.17, 15) is 18.7 Å². The van der Waals surface area contributed by atoms with E-state index in [1.54, 1.807) is 0 Å². The van der Waals surface area contributed by atoms with Gasteiger partial charge in [-0.2, -0.15) is 0 Å². The Morgan fingerprint density at radius 2 is 1.94 bits per heavy atom. The van der Waals surface area contributed by atoms with Crippen LogP contribution in [0.3, 0.4) is 0 Å². The van der Waals surface area contributed by atoms with Crippen molar-refractivity contribution in [3.05, 3.63) is 69.9 Å². The van der Waals surface area contributed by atoms with Crippen molar-refractivity contribution in [3.63, 3.8) is 0 Å². The molecular weight excluding hydrogens is 480 g/mol. The molecule has 2 aliphatic carbocycles. The number of hydrogen-bond acceptors (Lipinski definition) is 7. The van der Waals surface area contributed by atoms with Crippen LogP contribution in [-0.4, -0.2) is 38.6 Å². The van der Waals surface area contributed by atoms with E-state index in [1.807, 2.05) is 0 Å². The fourth-order valence-corrected chi connectivity index (χ4v) is 4.91. The lowest BCUT2D eigenvalue weighted by Gasteiger charge is -2.28. The van der Waals surface area contributed by atoms with Crippen molar-refractivity contribution in [1.82, 2.24) is 15.0 Å². The first-order valence-electron chi connectivity index (χ1n) is 11.1. The van der Waals surface area contributed by atoms with Crippen LogP contribution >= 0.6 is 11.6 Å². The number of benzene rings is 1. The number of fused-ring (bicyclic) bond motifs is 3. The molecule has 180 valence electrons. The van der Waals surface area contributed by atoms with Crippen molar-refractivity contribution < 1.29 is 23.4 Å². The summed E-state index contributed by atoms with van der Waals surface area (Å²) in [5, 5.41) is 11.4. The summed E-state index contributed by atoms with van der Waals surface area (Å²) in [5.74, 6) is -1.37. The molecule has 1 unspecified atom stereocenters. The van der Waals surface area contributed by atoms with Crippen molar-refractivity contribution in [2.45, 2.75) is 42.3 Å². The van der Waals surface area contributed by atoms with Crippen LogP contribution in [0.4, 0.5) is 8.78 Å². The van der Waals surface area contributed by atoms with Crippen LogP contribution < -0.4 is 16.2 Å². The molecule has 6 rings (SSSR count). The van der Waals surface area contributed by atoms with Crippen molar-refractivity contribution in [3.8, 4) is 17.0 Å². The average Bonchev–Trinajstić information content (AvgIpc) is 3.77. The van der Waals surface area contributed by atoms with E-state index in [1.165, 1.54) is 18.5 Å². The number of nitrogens with two attached hydrogens (primary N) is 2. The predicted molar refractivity (Wildman–Crippen MR) is 121 cm³/mol. The number of ether oxygens (including phenoxy) is 1. The van der Waals surface area contributed by atoms with Crippen molar-refractivity contribution >= 4 is 17.5 Å². The third-order valence-corrected chi connectivity index (χ3v) is 7.42. The molecule has 3 aliphatic rings. The van der Waals surface area contributed by atoms with E-state index >= 15 is 0 Å². The van der Waals surface area contributed by atoms with Crippen LogP contribution in [0, 0.1) is 11.6 Å². The maximum atomic E-state index is 14.9. The molecule has 1 aromatic carbocycles. The summed E-state index contributed by atoms with van der Waals surface area (Å²) in [5.41, 5.74) is 9.17. The smallest absolute Gasteiger partial charge is 0.232 e. The van der Waals surface area contributed by atoms with Gasteiger partial charge in [0.25, 0.3) is 0 Å². The number of aromatic nitrogens is 3. The van der Waals surface area contributed by atoms with Crippen LogP contribution in [0.1, 0.15) is 47.8 Å². The molecule has 0 bridgehead atoms. The molecule has 5 N–H and O–H groups in total. The van der Waals surface area contributed by atoms with Gasteiger partial charge in [0.1, 0.15) is 40.3 Å². The maximum absolute atomic E-state index is 14.9. The molecule has 3 aromatic rings. The molecule has 11 heteroatoms. The molecule has 8 nitrogen and oxygen atoms in total. The van der Waals surface area contributed by atoms with Gasteiger partial charge in [-0.05, 0) is 25.0 Å². The Labute approximate surface area is 203 Å². The zero-order chi connectivity index (χ0) is 24.7. The van der Waals surface area contributed by atoms with Crippen LogP contribution in [-0.2, 0) is 15.8 Å². The number of primary amides is 1. The predicted octanol–water partition coefficient (Wildman–Crippen LogP) is 2.43. The quantitative estimate of drug-likeness (QED) is 0.443. The fourth-order valence-electron chi connectivity index (χ4n) is 4.75. The first-order valence-corrected chi connectivity index (χ1v) is 11.5. The van der Waals surface area contributed by atoms with Crippen molar-refractivity contribution in [2.24, 2.45) is 11.5 Å². The second kappa shape index (κ2) is 7.39. The van der Waals surface area contributed by atoms with E-state index < -0.39 is 34.7 Å². The Hall–Kier alpha value is -3.21. The monoisotopic (exact) mass is 499 g/mol. The van der Waals surface area contributed by atoms with Gasteiger partial charge in [-0.15, -0.1) is 0 Å². The largest absolute Gasteiger partial charge is 0.486 e. The lowest BCUT2D eigenvalue weighted by Crippen LogP contribution is -2.38. The summed E-state index contributed by atoms with van der Waals surface area (Å²) in [7, 11) is 0. The number of carbonyl (C=O) groups excluding carboxylic acids is 1. The molecule has 2 aromatic heterocycles. The number of hydrogen-bond donors (Lipinski definition) is 3. The normalized spacial score (nSPS) is 23.7. The highest BCUT2D eigenvalue weighted by Crippen LogP contribution is 2.61. The molecule has 0 radical (unpaired) electrons. The van der Waals surface area contributed by atoms with Gasteiger partial charge in [-0.25, -0.2) is 23.7 Å². The van der Waals surface area contributed by atoms with Gasteiger partial charge in [0.15, 0.2) is 5.75 Å². The van der Waals surface area contributed by atoms with Gasteiger partial charge in [0.05, 0.1) is 10.7 Å². The van der Waals surface area contributed by atoms with Gasteiger partial charge in [-0.3, -0.25) is 4.79 Å². The number of pyridine rings is 1. The Kier molecular flexibility index (Phi) is 4.70. The second-order valence-electron chi connectivity index (χ2n) is 9.29. The lowest BCUT2D eigenvalue weighted by atomic mass is 9.87. The third kappa shape index (κ3) is 3.17. The average molecular weight is 500 g/mol. The molecular formula is C24H20ClF2N5O3. The van der Waals surface area contributed by atoms with Gasteiger partial charge in [0.2, 0.25) is 5.91 Å². The Morgan fingerprint density at radius 1 is 1.23 bits per heavy atom. The van der Waals surface area contributed by atoms with E-state index in [0.717, 1.165) is 18.9 Å². The number of nitrogens with zero attached hydrogens (tertiary/aromatic N) is 3. The minimum Gasteiger partial charge on any atom is -0.486 e. The van der Waals surface area contributed by atoms with Crippen LogP contribution in [0.15, 0.2) is 30.6 Å². The first-order chi connectivity index (χ1) is 16.7. The topological polar surface area (TPSA) is 137 Å². The summed E-state index contributed by atoms with van der Waals surface area (Å²) in [6, 6.07) is 3.22. The molecule has 1 aliphatic heterocycles. The van der Waals surface area contributed by atoms with Gasteiger partial charge >= 0.3 is 0 Å². The van der Waals surface area contributed by atoms with E-state index in [0.29, 0.717) is 29.8 Å². The summed E-state index contributed by atoms with van der Waals surface area (Å²) >= 11 is 5.93. The number of halogens is 3. The Balaban J connectivity index is 1.57.